The molecule has 0 aromatic heterocycles. The zero-order valence-corrected chi connectivity index (χ0v) is 14.7. The fraction of sp³-hybridized carbons (Fsp3) is 0.263. The van der Waals surface area contributed by atoms with Crippen molar-refractivity contribution < 1.29 is 14.5 Å². The number of amides is 2. The summed E-state index contributed by atoms with van der Waals surface area (Å²) in [5, 5.41) is 16.1. The van der Waals surface area contributed by atoms with Crippen molar-refractivity contribution in [1.82, 2.24) is 5.32 Å². The number of carbonyl (C=O) groups excluding carboxylic acids is 2. The Morgan fingerprint density at radius 1 is 1.08 bits per heavy atom. The first-order valence-corrected chi connectivity index (χ1v) is 8.30. The minimum atomic E-state index is -0.527. The third-order valence-corrected chi connectivity index (χ3v) is 3.83. The Bertz CT molecular complexity index is 801. The van der Waals surface area contributed by atoms with Gasteiger partial charge in [-0.15, -0.1) is 0 Å². The quantitative estimate of drug-likeness (QED) is 0.586. The molecule has 2 N–H and O–H groups in total. The number of para-hydroxylation sites is 1. The van der Waals surface area contributed by atoms with Crippen molar-refractivity contribution in [2.45, 2.75) is 26.2 Å². The van der Waals surface area contributed by atoms with Crippen LogP contribution in [-0.4, -0.2) is 23.3 Å². The summed E-state index contributed by atoms with van der Waals surface area (Å²) in [7, 11) is 0. The van der Waals surface area contributed by atoms with Gasteiger partial charge in [-0.25, -0.2) is 0 Å². The van der Waals surface area contributed by atoms with Gasteiger partial charge < -0.3 is 10.6 Å². The third kappa shape index (κ3) is 5.14. The highest BCUT2D eigenvalue weighted by Crippen LogP contribution is 2.23. The first kappa shape index (κ1) is 19.1. The average Bonchev–Trinajstić information content (AvgIpc) is 2.62. The summed E-state index contributed by atoms with van der Waals surface area (Å²) in [4.78, 5) is 34.2. The van der Waals surface area contributed by atoms with Gasteiger partial charge in [0.1, 0.15) is 0 Å². The lowest BCUT2D eigenvalue weighted by Crippen LogP contribution is -2.27. The van der Waals surface area contributed by atoms with Gasteiger partial charge in [0.05, 0.1) is 4.92 Å². The van der Waals surface area contributed by atoms with Crippen LogP contribution in [0.1, 0.15) is 42.1 Å². The maximum atomic E-state index is 12.1. The molecule has 136 valence electrons. The van der Waals surface area contributed by atoms with E-state index < -0.39 is 4.92 Å². The van der Waals surface area contributed by atoms with Gasteiger partial charge in [-0.05, 0) is 29.7 Å². The van der Waals surface area contributed by atoms with Crippen LogP contribution in [0.5, 0.6) is 0 Å². The summed E-state index contributed by atoms with van der Waals surface area (Å²) >= 11 is 0. The molecule has 0 aliphatic carbocycles. The van der Waals surface area contributed by atoms with E-state index in [0.717, 1.165) is 11.3 Å². The van der Waals surface area contributed by atoms with Crippen molar-refractivity contribution in [2.24, 2.45) is 0 Å². The van der Waals surface area contributed by atoms with Gasteiger partial charge in [0.2, 0.25) is 5.91 Å². The molecule has 2 aromatic carbocycles. The van der Waals surface area contributed by atoms with Crippen LogP contribution in [0.25, 0.3) is 0 Å². The van der Waals surface area contributed by atoms with Crippen LogP contribution < -0.4 is 10.6 Å². The Labute approximate surface area is 151 Å². The second-order valence-corrected chi connectivity index (χ2v) is 6.10. The number of carbonyl (C=O) groups is 2. The van der Waals surface area contributed by atoms with E-state index in [9.17, 15) is 19.7 Å². The number of benzene rings is 2. The van der Waals surface area contributed by atoms with Crippen molar-refractivity contribution in [1.29, 1.82) is 0 Å². The van der Waals surface area contributed by atoms with Crippen LogP contribution in [-0.2, 0) is 4.79 Å². The molecule has 2 aromatic rings. The minimum Gasteiger partial charge on any atom is -0.352 e. The second-order valence-electron chi connectivity index (χ2n) is 6.10. The van der Waals surface area contributed by atoms with E-state index in [1.807, 2.05) is 24.3 Å². The number of anilines is 1. The zero-order valence-electron chi connectivity index (χ0n) is 14.7. The number of hydrogen-bond donors (Lipinski definition) is 2. The largest absolute Gasteiger partial charge is 0.352 e. The fourth-order valence-corrected chi connectivity index (χ4v) is 2.45. The van der Waals surface area contributed by atoms with E-state index in [4.69, 9.17) is 0 Å². The summed E-state index contributed by atoms with van der Waals surface area (Å²) in [5.74, 6) is -0.286. The lowest BCUT2D eigenvalue weighted by Gasteiger charge is -2.13. The number of nitrogens with one attached hydrogen (secondary N) is 2. The summed E-state index contributed by atoms with van der Waals surface area (Å²) in [6.07, 6.45) is 0.130. The molecule has 0 bridgehead atoms. The molecule has 0 aliphatic rings. The Kier molecular flexibility index (Phi) is 6.43. The van der Waals surface area contributed by atoms with Crippen LogP contribution in [0.2, 0.25) is 0 Å². The van der Waals surface area contributed by atoms with Crippen LogP contribution in [0, 0.1) is 10.1 Å². The van der Waals surface area contributed by atoms with Crippen molar-refractivity contribution >= 4 is 23.2 Å². The topological polar surface area (TPSA) is 101 Å². The molecule has 0 spiro atoms. The molecule has 2 amide bonds. The number of nitrogens with zero attached hydrogens (tertiary/aromatic N) is 1. The van der Waals surface area contributed by atoms with Gasteiger partial charge in [0.15, 0.2) is 0 Å². The molecule has 2 rings (SSSR count). The molecule has 0 atom stereocenters. The summed E-state index contributed by atoms with van der Waals surface area (Å²) in [6.45, 7) is 4.27. The van der Waals surface area contributed by atoms with Gasteiger partial charge in [-0.3, -0.25) is 19.7 Å². The van der Waals surface area contributed by atoms with Gasteiger partial charge in [0, 0.05) is 36.3 Å². The monoisotopic (exact) mass is 355 g/mol. The summed E-state index contributed by atoms with van der Waals surface area (Å²) in [6, 6.07) is 12.9. The molecule has 0 saturated heterocycles. The highest BCUT2D eigenvalue weighted by atomic mass is 16.6. The highest BCUT2D eigenvalue weighted by Gasteiger charge is 2.11. The molecule has 26 heavy (non-hydrogen) atoms. The first-order chi connectivity index (χ1) is 12.4. The van der Waals surface area contributed by atoms with E-state index in [-0.39, 0.29) is 36.4 Å². The van der Waals surface area contributed by atoms with E-state index in [1.165, 1.54) is 24.3 Å². The van der Waals surface area contributed by atoms with Gasteiger partial charge in [-0.1, -0.05) is 32.0 Å². The van der Waals surface area contributed by atoms with Crippen LogP contribution in [0.4, 0.5) is 11.4 Å². The zero-order chi connectivity index (χ0) is 19.1. The molecule has 7 heteroatoms. The number of non-ortho nitro benzene ring substituents is 1. The smallest absolute Gasteiger partial charge is 0.269 e. The Morgan fingerprint density at radius 2 is 1.73 bits per heavy atom. The van der Waals surface area contributed by atoms with Gasteiger partial charge in [0.25, 0.3) is 11.6 Å². The van der Waals surface area contributed by atoms with Crippen molar-refractivity contribution in [3.8, 4) is 0 Å². The minimum absolute atomic E-state index is 0.0789. The van der Waals surface area contributed by atoms with Crippen LogP contribution in [0.15, 0.2) is 48.5 Å². The number of nitro benzene ring substituents is 1. The van der Waals surface area contributed by atoms with Crippen LogP contribution in [0.3, 0.4) is 0 Å². The predicted molar refractivity (Wildman–Crippen MR) is 99.2 cm³/mol. The molecule has 7 nitrogen and oxygen atoms in total. The number of hydrogen-bond acceptors (Lipinski definition) is 4. The lowest BCUT2D eigenvalue weighted by atomic mass is 10.0. The normalized spacial score (nSPS) is 10.4. The van der Waals surface area contributed by atoms with Crippen molar-refractivity contribution in [3.63, 3.8) is 0 Å². The van der Waals surface area contributed by atoms with E-state index in [2.05, 4.69) is 24.5 Å². The molecular weight excluding hydrogens is 334 g/mol. The maximum absolute atomic E-state index is 12.1. The van der Waals surface area contributed by atoms with Gasteiger partial charge >= 0.3 is 0 Å². The summed E-state index contributed by atoms with van der Waals surface area (Å²) in [5.41, 5.74) is 2.05. The number of rotatable bonds is 7. The third-order valence-electron chi connectivity index (χ3n) is 3.83. The van der Waals surface area contributed by atoms with Crippen LogP contribution >= 0.6 is 0 Å². The average molecular weight is 355 g/mol. The molecule has 0 radical (unpaired) electrons. The second kappa shape index (κ2) is 8.75. The standard InChI is InChI=1S/C19H21N3O4/c1-13(2)16-5-3-4-6-17(16)21-18(23)11-12-20-19(24)14-7-9-15(10-8-14)22(25)26/h3-10,13H,11-12H2,1-2H3,(H,20,24)(H,21,23). The SMILES string of the molecule is CC(C)c1ccccc1NC(=O)CCNC(=O)c1ccc([N+](=O)[O-])cc1. The first-order valence-electron chi connectivity index (χ1n) is 8.30. The maximum Gasteiger partial charge on any atom is 0.269 e. The Hall–Kier alpha value is -3.22. The van der Waals surface area contributed by atoms with Gasteiger partial charge in [-0.2, -0.15) is 0 Å². The molecule has 0 fully saturated rings. The predicted octanol–water partition coefficient (Wildman–Crippen LogP) is 3.48. The van der Waals surface area contributed by atoms with E-state index >= 15 is 0 Å². The lowest BCUT2D eigenvalue weighted by molar-refractivity contribution is -0.384. The molecule has 0 saturated carbocycles. The molecule has 0 aliphatic heterocycles. The molecule has 0 unspecified atom stereocenters. The van der Waals surface area contributed by atoms with E-state index in [0.29, 0.717) is 5.56 Å². The number of nitro groups is 1. The molecular formula is C19H21N3O4. The Balaban J connectivity index is 1.84. The molecule has 0 heterocycles. The van der Waals surface area contributed by atoms with Crippen molar-refractivity contribution in [3.05, 3.63) is 69.8 Å². The van der Waals surface area contributed by atoms with E-state index in [1.54, 1.807) is 0 Å². The Morgan fingerprint density at radius 3 is 2.35 bits per heavy atom. The highest BCUT2D eigenvalue weighted by molar-refractivity contribution is 5.95. The fourth-order valence-electron chi connectivity index (χ4n) is 2.45. The van der Waals surface area contributed by atoms with Crippen molar-refractivity contribution in [2.75, 3.05) is 11.9 Å². The summed E-state index contributed by atoms with van der Waals surface area (Å²) < 4.78 is 0.